The first-order valence-corrected chi connectivity index (χ1v) is 5.12. The fourth-order valence-electron chi connectivity index (χ4n) is 2.14. The molecule has 2 heterocycles. The Balaban J connectivity index is 1.78. The summed E-state index contributed by atoms with van der Waals surface area (Å²) in [7, 11) is 0. The summed E-state index contributed by atoms with van der Waals surface area (Å²) in [4.78, 5) is 14.4. The van der Waals surface area contributed by atoms with Crippen molar-refractivity contribution in [2.45, 2.75) is 19.0 Å². The Morgan fingerprint density at radius 3 is 2.71 bits per heavy atom. The van der Waals surface area contributed by atoms with Crippen LogP contribution in [-0.4, -0.2) is 65.8 Å². The molecule has 0 aromatic rings. The largest absolute Gasteiger partial charge is 0.465 e. The lowest BCUT2D eigenvalue weighted by molar-refractivity contribution is 0.0245. The van der Waals surface area contributed by atoms with Crippen LogP contribution in [0.1, 0.15) is 6.92 Å². The second kappa shape index (κ2) is 3.74. The molecule has 0 aliphatic carbocycles. The van der Waals surface area contributed by atoms with Crippen LogP contribution in [0, 0.1) is 0 Å². The Kier molecular flexibility index (Phi) is 2.60. The maximum Gasteiger partial charge on any atom is 0.407 e. The number of carboxylic acid groups (broad SMARTS) is 1. The van der Waals surface area contributed by atoms with E-state index in [0.717, 1.165) is 19.6 Å². The Bertz CT molecular complexity index is 228. The van der Waals surface area contributed by atoms with E-state index >= 15 is 0 Å². The van der Waals surface area contributed by atoms with E-state index in [1.165, 1.54) is 4.90 Å². The zero-order valence-corrected chi connectivity index (χ0v) is 8.44. The molecule has 1 amide bonds. The highest BCUT2D eigenvalue weighted by atomic mass is 16.4. The second-order valence-corrected chi connectivity index (χ2v) is 4.19. The molecule has 14 heavy (non-hydrogen) atoms. The third-order valence-corrected chi connectivity index (χ3v) is 3.05. The quantitative estimate of drug-likeness (QED) is 0.605. The lowest BCUT2D eigenvalue weighted by Crippen LogP contribution is -2.64. The van der Waals surface area contributed by atoms with Crippen molar-refractivity contribution in [1.29, 1.82) is 0 Å². The van der Waals surface area contributed by atoms with Gasteiger partial charge in [0.25, 0.3) is 0 Å². The van der Waals surface area contributed by atoms with Crippen LogP contribution < -0.4 is 5.32 Å². The van der Waals surface area contributed by atoms with Gasteiger partial charge >= 0.3 is 6.09 Å². The van der Waals surface area contributed by atoms with Gasteiger partial charge in [-0.25, -0.2) is 4.79 Å². The highest BCUT2D eigenvalue weighted by molar-refractivity contribution is 5.66. The Morgan fingerprint density at radius 2 is 2.14 bits per heavy atom. The molecule has 2 saturated heterocycles. The van der Waals surface area contributed by atoms with Crippen molar-refractivity contribution < 1.29 is 9.90 Å². The summed E-state index contributed by atoms with van der Waals surface area (Å²) in [6.07, 6.45) is -0.788. The normalized spacial score (nSPS) is 30.1. The molecule has 0 unspecified atom stereocenters. The third-order valence-electron chi connectivity index (χ3n) is 3.05. The molecule has 80 valence electrons. The van der Waals surface area contributed by atoms with Gasteiger partial charge in [0.2, 0.25) is 0 Å². The first-order valence-electron chi connectivity index (χ1n) is 5.12. The summed E-state index contributed by atoms with van der Waals surface area (Å²) in [5.41, 5.74) is 0. The number of nitrogens with zero attached hydrogens (tertiary/aromatic N) is 2. The van der Waals surface area contributed by atoms with Gasteiger partial charge in [0.15, 0.2) is 0 Å². The SMILES string of the molecule is C[C@H]1CN(C2CN(C(=O)O)C2)CCN1. The molecule has 1 atom stereocenters. The summed E-state index contributed by atoms with van der Waals surface area (Å²) in [5, 5.41) is 12.1. The van der Waals surface area contributed by atoms with Gasteiger partial charge in [-0.1, -0.05) is 0 Å². The Hall–Kier alpha value is -0.810. The van der Waals surface area contributed by atoms with E-state index < -0.39 is 6.09 Å². The maximum atomic E-state index is 10.6. The molecule has 0 aromatic carbocycles. The van der Waals surface area contributed by atoms with Gasteiger partial charge in [-0.2, -0.15) is 0 Å². The number of carbonyl (C=O) groups is 1. The summed E-state index contributed by atoms with van der Waals surface area (Å²) in [5.74, 6) is 0. The van der Waals surface area contributed by atoms with Gasteiger partial charge in [-0.3, -0.25) is 4.90 Å². The number of nitrogens with one attached hydrogen (secondary N) is 1. The van der Waals surface area contributed by atoms with Crippen LogP contribution in [0.5, 0.6) is 0 Å². The van der Waals surface area contributed by atoms with Crippen molar-refractivity contribution in [3.63, 3.8) is 0 Å². The Morgan fingerprint density at radius 1 is 1.43 bits per heavy atom. The fourth-order valence-corrected chi connectivity index (χ4v) is 2.14. The average molecular weight is 199 g/mol. The summed E-state index contributed by atoms with van der Waals surface area (Å²) in [6, 6.07) is 0.985. The van der Waals surface area contributed by atoms with Crippen LogP contribution in [0.25, 0.3) is 0 Å². The zero-order chi connectivity index (χ0) is 10.1. The zero-order valence-electron chi connectivity index (χ0n) is 8.44. The summed E-state index contributed by atoms with van der Waals surface area (Å²) >= 11 is 0. The molecule has 2 aliphatic heterocycles. The molecule has 0 radical (unpaired) electrons. The van der Waals surface area contributed by atoms with Gasteiger partial charge in [-0.05, 0) is 6.92 Å². The molecule has 2 fully saturated rings. The van der Waals surface area contributed by atoms with Crippen molar-refractivity contribution in [3.05, 3.63) is 0 Å². The molecule has 0 bridgehead atoms. The predicted molar refractivity (Wildman–Crippen MR) is 52.4 cm³/mol. The van der Waals surface area contributed by atoms with Crippen LogP contribution in [0.15, 0.2) is 0 Å². The Labute approximate surface area is 83.7 Å². The standard InChI is InChI=1S/C9H17N3O2/c1-7-4-11(3-2-10-7)8-5-12(6-8)9(13)14/h7-8,10H,2-6H2,1H3,(H,13,14)/t7-/m0/s1. The smallest absolute Gasteiger partial charge is 0.407 e. The number of hydrogen-bond donors (Lipinski definition) is 2. The van der Waals surface area contributed by atoms with Crippen LogP contribution in [0.4, 0.5) is 4.79 Å². The van der Waals surface area contributed by atoms with Crippen LogP contribution in [0.2, 0.25) is 0 Å². The van der Waals surface area contributed by atoms with E-state index in [2.05, 4.69) is 17.1 Å². The molecule has 0 aromatic heterocycles. The van der Waals surface area contributed by atoms with Crippen molar-refractivity contribution >= 4 is 6.09 Å². The summed E-state index contributed by atoms with van der Waals surface area (Å²) in [6.45, 7) is 6.63. The van der Waals surface area contributed by atoms with E-state index in [4.69, 9.17) is 5.11 Å². The monoisotopic (exact) mass is 199 g/mol. The molecular formula is C9H17N3O2. The lowest BCUT2D eigenvalue weighted by atomic mass is 10.1. The number of piperazine rings is 1. The minimum absolute atomic E-state index is 0.454. The highest BCUT2D eigenvalue weighted by Crippen LogP contribution is 2.16. The first-order chi connectivity index (χ1) is 6.66. The number of amides is 1. The third kappa shape index (κ3) is 1.83. The minimum Gasteiger partial charge on any atom is -0.465 e. The van der Waals surface area contributed by atoms with E-state index in [9.17, 15) is 4.79 Å². The van der Waals surface area contributed by atoms with Gasteiger partial charge in [-0.15, -0.1) is 0 Å². The van der Waals surface area contributed by atoms with Crippen LogP contribution in [-0.2, 0) is 0 Å². The second-order valence-electron chi connectivity index (χ2n) is 4.19. The molecular weight excluding hydrogens is 182 g/mol. The van der Waals surface area contributed by atoms with Crippen LogP contribution >= 0.6 is 0 Å². The average Bonchev–Trinajstić information content (AvgIpc) is 2.00. The molecule has 5 heteroatoms. The van der Waals surface area contributed by atoms with Crippen LogP contribution in [0.3, 0.4) is 0 Å². The lowest BCUT2D eigenvalue weighted by Gasteiger charge is -2.46. The molecule has 0 saturated carbocycles. The maximum absolute atomic E-state index is 10.6. The van der Waals surface area contributed by atoms with E-state index in [1.807, 2.05) is 0 Å². The van der Waals surface area contributed by atoms with E-state index in [-0.39, 0.29) is 0 Å². The highest BCUT2D eigenvalue weighted by Gasteiger charge is 2.35. The van der Waals surface area contributed by atoms with Crippen molar-refractivity contribution in [1.82, 2.24) is 15.1 Å². The van der Waals surface area contributed by atoms with Crippen molar-refractivity contribution in [3.8, 4) is 0 Å². The number of hydrogen-bond acceptors (Lipinski definition) is 3. The van der Waals surface area contributed by atoms with E-state index in [0.29, 0.717) is 25.2 Å². The molecule has 2 N–H and O–H groups in total. The van der Waals surface area contributed by atoms with E-state index in [1.54, 1.807) is 0 Å². The first kappa shape index (κ1) is 9.73. The van der Waals surface area contributed by atoms with Gasteiger partial charge in [0.05, 0.1) is 0 Å². The summed E-state index contributed by atoms with van der Waals surface area (Å²) < 4.78 is 0. The predicted octanol–water partition coefficient (Wildman–Crippen LogP) is -0.358. The van der Waals surface area contributed by atoms with Gasteiger partial charge in [0.1, 0.15) is 0 Å². The molecule has 5 nitrogen and oxygen atoms in total. The van der Waals surface area contributed by atoms with Gasteiger partial charge in [0, 0.05) is 44.8 Å². The molecule has 0 spiro atoms. The van der Waals surface area contributed by atoms with Crippen molar-refractivity contribution in [2.75, 3.05) is 32.7 Å². The molecule has 2 rings (SSSR count). The topological polar surface area (TPSA) is 55.8 Å². The fraction of sp³-hybridized carbons (Fsp3) is 0.889. The minimum atomic E-state index is -0.788. The molecule has 2 aliphatic rings. The number of rotatable bonds is 1. The van der Waals surface area contributed by atoms with Crippen molar-refractivity contribution in [2.24, 2.45) is 0 Å². The van der Waals surface area contributed by atoms with Gasteiger partial charge < -0.3 is 15.3 Å². The number of likely N-dealkylation sites (tertiary alicyclic amines) is 1.